The maximum Gasteiger partial charge on any atom is 0.265 e. The lowest BCUT2D eigenvalue weighted by Gasteiger charge is -2.20. The molecule has 3 nitrogen and oxygen atoms in total. The van der Waals surface area contributed by atoms with E-state index in [1.54, 1.807) is 25.2 Å². The lowest BCUT2D eigenvalue weighted by atomic mass is 9.94. The minimum absolute atomic E-state index is 0.168. The van der Waals surface area contributed by atoms with Crippen LogP contribution in [0.3, 0.4) is 0 Å². The fraction of sp³-hybridized carbons (Fsp3) is 0.333. The molecule has 0 aliphatic carbocycles. The average Bonchev–Trinajstić information content (AvgIpc) is 2.55. The first kappa shape index (κ1) is 12.2. The molecule has 1 atom stereocenters. The zero-order chi connectivity index (χ0) is 12.6. The number of carbonyl (C=O) groups excluding carboxylic acids is 1. The van der Waals surface area contributed by atoms with Gasteiger partial charge in [-0.05, 0) is 12.5 Å². The van der Waals surface area contributed by atoms with E-state index < -0.39 is 4.32 Å². The molecule has 1 aliphatic heterocycles. The van der Waals surface area contributed by atoms with Gasteiger partial charge >= 0.3 is 0 Å². The van der Waals surface area contributed by atoms with Crippen molar-refractivity contribution in [2.75, 3.05) is 7.05 Å². The highest BCUT2D eigenvalue weighted by molar-refractivity contribution is 9.10. The number of amides is 1. The van der Waals surface area contributed by atoms with E-state index in [4.69, 9.17) is 0 Å². The average molecular weight is 299 g/mol. The SMILES string of the molecule is CCC1(Br)C(=O)N(C)N=C1c1ccccc1F. The lowest BCUT2D eigenvalue weighted by Crippen LogP contribution is -2.40. The topological polar surface area (TPSA) is 32.7 Å². The van der Waals surface area contributed by atoms with Gasteiger partial charge in [-0.15, -0.1) is 0 Å². The van der Waals surface area contributed by atoms with Crippen molar-refractivity contribution < 1.29 is 9.18 Å². The highest BCUT2D eigenvalue weighted by Gasteiger charge is 2.47. The minimum Gasteiger partial charge on any atom is -0.271 e. The van der Waals surface area contributed by atoms with E-state index in [1.165, 1.54) is 11.1 Å². The molecule has 1 unspecified atom stereocenters. The van der Waals surface area contributed by atoms with E-state index in [0.29, 0.717) is 17.7 Å². The van der Waals surface area contributed by atoms with Gasteiger partial charge in [0.05, 0.1) is 5.71 Å². The predicted octanol–water partition coefficient (Wildman–Crippen LogP) is 2.55. The number of rotatable bonds is 2. The number of nitrogens with zero attached hydrogens (tertiary/aromatic N) is 2. The Bertz CT molecular complexity index is 503. The number of carbonyl (C=O) groups is 1. The molecular formula is C12H12BrFN2O. The van der Waals surface area contributed by atoms with Crippen LogP contribution in [0.4, 0.5) is 4.39 Å². The van der Waals surface area contributed by atoms with Crippen molar-refractivity contribution in [1.82, 2.24) is 5.01 Å². The summed E-state index contributed by atoms with van der Waals surface area (Å²) in [6.07, 6.45) is 0.517. The van der Waals surface area contributed by atoms with Crippen molar-refractivity contribution in [3.63, 3.8) is 0 Å². The molecule has 0 saturated carbocycles. The molecule has 17 heavy (non-hydrogen) atoms. The fourth-order valence-corrected chi connectivity index (χ4v) is 2.42. The molecule has 0 N–H and O–H groups in total. The first-order valence-corrected chi connectivity index (χ1v) is 6.11. The summed E-state index contributed by atoms with van der Waals surface area (Å²) in [4.78, 5) is 12.0. The van der Waals surface area contributed by atoms with Crippen molar-refractivity contribution in [2.24, 2.45) is 5.10 Å². The smallest absolute Gasteiger partial charge is 0.265 e. The molecule has 1 amide bonds. The number of alkyl halides is 1. The maximum atomic E-state index is 13.7. The second-order valence-corrected chi connectivity index (χ2v) is 5.27. The van der Waals surface area contributed by atoms with Crippen LogP contribution in [0.2, 0.25) is 0 Å². The van der Waals surface area contributed by atoms with Gasteiger partial charge in [0.15, 0.2) is 0 Å². The van der Waals surface area contributed by atoms with Crippen molar-refractivity contribution in [1.29, 1.82) is 0 Å². The van der Waals surface area contributed by atoms with Gasteiger partial charge in [0.25, 0.3) is 5.91 Å². The van der Waals surface area contributed by atoms with Gasteiger partial charge in [-0.3, -0.25) is 4.79 Å². The second kappa shape index (κ2) is 4.22. The fourth-order valence-electron chi connectivity index (χ4n) is 1.87. The van der Waals surface area contributed by atoms with Gasteiger partial charge in [-0.25, -0.2) is 9.40 Å². The van der Waals surface area contributed by atoms with Crippen molar-refractivity contribution in [3.05, 3.63) is 35.6 Å². The Kier molecular flexibility index (Phi) is 3.03. The van der Waals surface area contributed by atoms with Gasteiger partial charge < -0.3 is 0 Å². The number of hydrogen-bond donors (Lipinski definition) is 0. The van der Waals surface area contributed by atoms with Crippen LogP contribution in [-0.2, 0) is 4.79 Å². The molecule has 1 aromatic carbocycles. The van der Waals surface area contributed by atoms with E-state index in [1.807, 2.05) is 6.92 Å². The van der Waals surface area contributed by atoms with E-state index in [0.717, 1.165) is 0 Å². The van der Waals surface area contributed by atoms with Crippen LogP contribution in [0, 0.1) is 5.82 Å². The largest absolute Gasteiger partial charge is 0.271 e. The maximum absolute atomic E-state index is 13.7. The van der Waals surface area contributed by atoms with Crippen LogP contribution in [0.1, 0.15) is 18.9 Å². The Labute approximate surface area is 107 Å². The normalized spacial score (nSPS) is 24.1. The molecular weight excluding hydrogens is 287 g/mol. The zero-order valence-corrected chi connectivity index (χ0v) is 11.2. The molecule has 0 radical (unpaired) electrons. The van der Waals surface area contributed by atoms with E-state index in [2.05, 4.69) is 21.0 Å². The van der Waals surface area contributed by atoms with Gasteiger partial charge in [0, 0.05) is 12.6 Å². The molecule has 0 saturated heterocycles. The second-order valence-electron chi connectivity index (χ2n) is 3.91. The van der Waals surface area contributed by atoms with E-state index in [-0.39, 0.29) is 11.7 Å². The summed E-state index contributed by atoms with van der Waals surface area (Å²) in [5.41, 5.74) is 0.800. The Balaban J connectivity index is 2.56. The summed E-state index contributed by atoms with van der Waals surface area (Å²) in [6.45, 7) is 1.86. The Hall–Kier alpha value is -1.23. The quantitative estimate of drug-likeness (QED) is 0.772. The number of halogens is 2. The molecule has 1 heterocycles. The van der Waals surface area contributed by atoms with Gasteiger partial charge in [-0.2, -0.15) is 5.10 Å². The van der Waals surface area contributed by atoms with Crippen LogP contribution < -0.4 is 0 Å². The zero-order valence-electron chi connectivity index (χ0n) is 9.58. The van der Waals surface area contributed by atoms with Crippen LogP contribution in [0.5, 0.6) is 0 Å². The summed E-state index contributed by atoms with van der Waals surface area (Å²) in [5.74, 6) is -0.537. The monoisotopic (exact) mass is 298 g/mol. The Morgan fingerprint density at radius 3 is 2.71 bits per heavy atom. The molecule has 90 valence electrons. The first-order valence-electron chi connectivity index (χ1n) is 5.31. The number of hydrazone groups is 1. The van der Waals surface area contributed by atoms with Gasteiger partial charge in [0.2, 0.25) is 0 Å². The summed E-state index contributed by atoms with van der Waals surface area (Å²) in [5, 5.41) is 5.39. The third kappa shape index (κ3) is 1.78. The van der Waals surface area contributed by atoms with E-state index >= 15 is 0 Å². The molecule has 0 bridgehead atoms. The summed E-state index contributed by atoms with van der Waals surface area (Å²) in [7, 11) is 1.57. The van der Waals surface area contributed by atoms with Gasteiger partial charge in [0.1, 0.15) is 10.1 Å². The van der Waals surface area contributed by atoms with Crippen molar-refractivity contribution >= 4 is 27.5 Å². The lowest BCUT2D eigenvalue weighted by molar-refractivity contribution is -0.129. The third-order valence-corrected chi connectivity index (χ3v) is 4.15. The molecule has 1 aliphatic rings. The van der Waals surface area contributed by atoms with Crippen LogP contribution in [0.15, 0.2) is 29.4 Å². The summed E-state index contributed by atoms with van der Waals surface area (Å²) < 4.78 is 12.8. The predicted molar refractivity (Wildman–Crippen MR) is 67.7 cm³/mol. The Morgan fingerprint density at radius 1 is 1.47 bits per heavy atom. The van der Waals surface area contributed by atoms with E-state index in [9.17, 15) is 9.18 Å². The molecule has 2 rings (SSSR count). The molecule has 0 spiro atoms. The standard InChI is InChI=1S/C12H12BrFN2O/c1-3-12(13)10(15-16(2)11(12)17)8-6-4-5-7-9(8)14/h4-7H,3H2,1-2H3. The first-order chi connectivity index (χ1) is 8.00. The van der Waals surface area contributed by atoms with Crippen molar-refractivity contribution in [3.8, 4) is 0 Å². The van der Waals surface area contributed by atoms with Crippen LogP contribution >= 0.6 is 15.9 Å². The molecule has 0 fully saturated rings. The highest BCUT2D eigenvalue weighted by atomic mass is 79.9. The molecule has 0 aromatic heterocycles. The van der Waals surface area contributed by atoms with Gasteiger partial charge in [-0.1, -0.05) is 41.1 Å². The Morgan fingerprint density at radius 2 is 2.12 bits per heavy atom. The molecule has 5 heteroatoms. The third-order valence-electron chi connectivity index (χ3n) is 2.87. The summed E-state index contributed by atoms with van der Waals surface area (Å²) in [6, 6.07) is 6.34. The van der Waals surface area contributed by atoms with Crippen LogP contribution in [-0.4, -0.2) is 28.0 Å². The number of benzene rings is 1. The summed E-state index contributed by atoms with van der Waals surface area (Å²) >= 11 is 3.40. The van der Waals surface area contributed by atoms with Crippen molar-refractivity contribution in [2.45, 2.75) is 17.7 Å². The van der Waals surface area contributed by atoms with Crippen LogP contribution in [0.25, 0.3) is 0 Å². The highest BCUT2D eigenvalue weighted by Crippen LogP contribution is 2.35. The number of hydrogen-bond acceptors (Lipinski definition) is 2. The molecule has 1 aromatic rings. The minimum atomic E-state index is -0.913.